The summed E-state index contributed by atoms with van der Waals surface area (Å²) in [5.41, 5.74) is 2.27. The van der Waals surface area contributed by atoms with E-state index in [1.807, 2.05) is 12.1 Å². The van der Waals surface area contributed by atoms with Gasteiger partial charge in [0.15, 0.2) is 0 Å². The number of rotatable bonds is 7. The minimum Gasteiger partial charge on any atom is -0.309 e. The second-order valence-electron chi connectivity index (χ2n) is 4.40. The Bertz CT molecular complexity index is 346. The van der Waals surface area contributed by atoms with E-state index in [2.05, 4.69) is 30.7 Å². The van der Waals surface area contributed by atoms with Crippen LogP contribution in [0.2, 0.25) is 5.02 Å². The number of allylic oxidation sites excluding steroid dienone is 1. The lowest BCUT2D eigenvalue weighted by Crippen LogP contribution is -2.23. The third kappa shape index (κ3) is 5.33. The predicted molar refractivity (Wildman–Crippen MR) is 74.3 cm³/mol. The topological polar surface area (TPSA) is 24.9 Å². The SMILES string of the molecule is C=C(C)CCC(NCCC)c1ccc(Cl)cn1. The molecule has 2 nitrogen and oxygen atoms in total. The van der Waals surface area contributed by atoms with E-state index in [1.165, 1.54) is 5.57 Å². The van der Waals surface area contributed by atoms with Crippen molar-refractivity contribution in [2.24, 2.45) is 0 Å². The summed E-state index contributed by atoms with van der Waals surface area (Å²) in [7, 11) is 0. The highest BCUT2D eigenvalue weighted by Crippen LogP contribution is 2.20. The molecule has 0 amide bonds. The fourth-order valence-electron chi connectivity index (χ4n) is 1.66. The van der Waals surface area contributed by atoms with Crippen LogP contribution in [0, 0.1) is 0 Å². The molecule has 3 heteroatoms. The summed E-state index contributed by atoms with van der Waals surface area (Å²) in [4.78, 5) is 4.39. The fourth-order valence-corrected chi connectivity index (χ4v) is 1.77. The lowest BCUT2D eigenvalue weighted by molar-refractivity contribution is 0.488. The summed E-state index contributed by atoms with van der Waals surface area (Å²) < 4.78 is 0. The van der Waals surface area contributed by atoms with E-state index in [0.29, 0.717) is 11.1 Å². The third-order valence-corrected chi connectivity index (χ3v) is 2.83. The maximum atomic E-state index is 5.85. The molecule has 94 valence electrons. The molecule has 0 bridgehead atoms. The maximum absolute atomic E-state index is 5.85. The summed E-state index contributed by atoms with van der Waals surface area (Å²) in [6.07, 6.45) is 4.88. The first-order valence-corrected chi connectivity index (χ1v) is 6.50. The molecule has 0 spiro atoms. The van der Waals surface area contributed by atoms with Crippen LogP contribution in [0.15, 0.2) is 30.5 Å². The average molecular weight is 253 g/mol. The largest absolute Gasteiger partial charge is 0.309 e. The van der Waals surface area contributed by atoms with Crippen LogP contribution in [0.25, 0.3) is 0 Å². The van der Waals surface area contributed by atoms with Gasteiger partial charge in [-0.2, -0.15) is 0 Å². The molecule has 1 rings (SSSR count). The second kappa shape index (κ2) is 7.46. The fraction of sp³-hybridized carbons (Fsp3) is 0.500. The molecule has 0 radical (unpaired) electrons. The van der Waals surface area contributed by atoms with Gasteiger partial charge in [-0.05, 0) is 44.9 Å². The number of halogens is 1. The number of pyridine rings is 1. The van der Waals surface area contributed by atoms with Gasteiger partial charge in [-0.3, -0.25) is 4.98 Å². The van der Waals surface area contributed by atoms with Gasteiger partial charge in [0.1, 0.15) is 0 Å². The first-order chi connectivity index (χ1) is 8.13. The molecule has 0 aliphatic rings. The molecule has 1 aromatic heterocycles. The van der Waals surface area contributed by atoms with E-state index in [0.717, 1.165) is 31.5 Å². The van der Waals surface area contributed by atoms with Gasteiger partial charge in [-0.25, -0.2) is 0 Å². The summed E-state index contributed by atoms with van der Waals surface area (Å²) in [6.45, 7) is 9.18. The van der Waals surface area contributed by atoms with Crippen molar-refractivity contribution >= 4 is 11.6 Å². The molecule has 1 N–H and O–H groups in total. The van der Waals surface area contributed by atoms with Crippen LogP contribution in [-0.2, 0) is 0 Å². The molecule has 1 atom stereocenters. The highest BCUT2D eigenvalue weighted by molar-refractivity contribution is 6.30. The molecule has 1 heterocycles. The first-order valence-electron chi connectivity index (χ1n) is 6.12. The smallest absolute Gasteiger partial charge is 0.0589 e. The van der Waals surface area contributed by atoms with Crippen LogP contribution in [0.4, 0.5) is 0 Å². The number of hydrogen-bond acceptors (Lipinski definition) is 2. The van der Waals surface area contributed by atoms with Gasteiger partial charge < -0.3 is 5.32 Å². The Morgan fingerprint density at radius 3 is 2.82 bits per heavy atom. The Hall–Kier alpha value is -0.860. The zero-order chi connectivity index (χ0) is 12.7. The summed E-state index contributed by atoms with van der Waals surface area (Å²) in [6, 6.07) is 4.18. The Kier molecular flexibility index (Phi) is 6.23. The predicted octanol–water partition coefficient (Wildman–Crippen LogP) is 4.13. The van der Waals surface area contributed by atoms with Gasteiger partial charge in [0.2, 0.25) is 0 Å². The van der Waals surface area contributed by atoms with E-state index in [4.69, 9.17) is 11.6 Å². The van der Waals surface area contributed by atoms with Crippen LogP contribution in [-0.4, -0.2) is 11.5 Å². The van der Waals surface area contributed by atoms with E-state index in [-0.39, 0.29) is 0 Å². The van der Waals surface area contributed by atoms with Crippen LogP contribution in [0.5, 0.6) is 0 Å². The number of nitrogens with zero attached hydrogens (tertiary/aromatic N) is 1. The molecular weight excluding hydrogens is 232 g/mol. The summed E-state index contributed by atoms with van der Waals surface area (Å²) in [5, 5.41) is 4.20. The number of hydrogen-bond donors (Lipinski definition) is 1. The molecule has 0 aliphatic heterocycles. The minimum atomic E-state index is 0.295. The molecule has 0 saturated carbocycles. The first kappa shape index (κ1) is 14.2. The lowest BCUT2D eigenvalue weighted by Gasteiger charge is -2.18. The van der Waals surface area contributed by atoms with E-state index in [1.54, 1.807) is 6.20 Å². The quantitative estimate of drug-likeness (QED) is 0.738. The van der Waals surface area contributed by atoms with Crippen molar-refractivity contribution in [3.05, 3.63) is 41.2 Å². The van der Waals surface area contributed by atoms with Crippen molar-refractivity contribution < 1.29 is 0 Å². The number of nitrogens with one attached hydrogen (secondary N) is 1. The molecule has 0 fully saturated rings. The van der Waals surface area contributed by atoms with Crippen molar-refractivity contribution in [3.8, 4) is 0 Å². The van der Waals surface area contributed by atoms with Gasteiger partial charge in [0.05, 0.1) is 10.7 Å². The molecule has 0 saturated heterocycles. The van der Waals surface area contributed by atoms with Crippen molar-refractivity contribution in [3.63, 3.8) is 0 Å². The Morgan fingerprint density at radius 1 is 1.53 bits per heavy atom. The van der Waals surface area contributed by atoms with Crippen molar-refractivity contribution in [1.29, 1.82) is 0 Å². The van der Waals surface area contributed by atoms with Gasteiger partial charge in [0, 0.05) is 12.2 Å². The van der Waals surface area contributed by atoms with Crippen molar-refractivity contribution in [1.82, 2.24) is 10.3 Å². The highest BCUT2D eigenvalue weighted by atomic mass is 35.5. The zero-order valence-corrected chi connectivity index (χ0v) is 11.4. The molecule has 0 aliphatic carbocycles. The minimum absolute atomic E-state index is 0.295. The zero-order valence-electron chi connectivity index (χ0n) is 10.7. The van der Waals surface area contributed by atoms with E-state index < -0.39 is 0 Å². The monoisotopic (exact) mass is 252 g/mol. The highest BCUT2D eigenvalue weighted by Gasteiger charge is 2.11. The summed E-state index contributed by atoms with van der Waals surface area (Å²) >= 11 is 5.85. The van der Waals surface area contributed by atoms with Crippen LogP contribution in [0.3, 0.4) is 0 Å². The molecular formula is C14H21ClN2. The van der Waals surface area contributed by atoms with E-state index in [9.17, 15) is 0 Å². The van der Waals surface area contributed by atoms with Crippen LogP contribution in [0.1, 0.15) is 44.8 Å². The standard InChI is InChI=1S/C14H21ClN2/c1-4-9-16-13(7-5-11(2)3)14-8-6-12(15)10-17-14/h6,8,10,13,16H,2,4-5,7,9H2,1,3H3. The van der Waals surface area contributed by atoms with Gasteiger partial charge in [-0.15, -0.1) is 6.58 Å². The molecule has 1 unspecified atom stereocenters. The van der Waals surface area contributed by atoms with Crippen LogP contribution < -0.4 is 5.32 Å². The molecule has 17 heavy (non-hydrogen) atoms. The Labute approximate surface area is 109 Å². The van der Waals surface area contributed by atoms with Crippen molar-refractivity contribution in [2.75, 3.05) is 6.54 Å². The van der Waals surface area contributed by atoms with Gasteiger partial charge >= 0.3 is 0 Å². The second-order valence-corrected chi connectivity index (χ2v) is 4.84. The Morgan fingerprint density at radius 2 is 2.29 bits per heavy atom. The van der Waals surface area contributed by atoms with Gasteiger partial charge in [-0.1, -0.05) is 24.1 Å². The van der Waals surface area contributed by atoms with Crippen molar-refractivity contribution in [2.45, 2.75) is 39.2 Å². The normalized spacial score (nSPS) is 12.4. The van der Waals surface area contributed by atoms with Crippen LogP contribution >= 0.6 is 11.6 Å². The summed E-state index contributed by atoms with van der Waals surface area (Å²) in [5.74, 6) is 0. The van der Waals surface area contributed by atoms with Gasteiger partial charge in [0.25, 0.3) is 0 Å². The number of aromatic nitrogens is 1. The molecule has 1 aromatic rings. The average Bonchev–Trinajstić information content (AvgIpc) is 2.30. The van der Waals surface area contributed by atoms with E-state index >= 15 is 0 Å². The Balaban J connectivity index is 2.67. The third-order valence-electron chi connectivity index (χ3n) is 2.61. The lowest BCUT2D eigenvalue weighted by atomic mass is 10.0. The molecule has 0 aromatic carbocycles. The maximum Gasteiger partial charge on any atom is 0.0589 e.